The number of unbranched alkanes of at least 4 members (excludes halogenated alkanes) is 4. The zero-order valence-corrected chi connectivity index (χ0v) is 13.7. The van der Waals surface area contributed by atoms with Crippen LogP contribution in [0.15, 0.2) is 0 Å². The third-order valence-electron chi connectivity index (χ3n) is 2.50. The average molecular weight is 397 g/mol. The van der Waals surface area contributed by atoms with E-state index in [4.69, 9.17) is 0 Å². The molecule has 0 radical (unpaired) electrons. The molecule has 0 heterocycles. The molecule has 0 aliphatic carbocycles. The van der Waals surface area contributed by atoms with Gasteiger partial charge in [-0.3, -0.25) is 0 Å². The molecule has 8 heteroatoms. The van der Waals surface area contributed by atoms with Gasteiger partial charge < -0.3 is 0 Å². The van der Waals surface area contributed by atoms with Gasteiger partial charge in [0, 0.05) is 0 Å². The first-order valence-electron chi connectivity index (χ1n) is 6.31. The quantitative estimate of drug-likeness (QED) is 0.310. The minimum absolute atomic E-state index is 0.0520. The van der Waals surface area contributed by atoms with Gasteiger partial charge >= 0.3 is 117 Å². The maximum atomic E-state index is 13.1. The van der Waals surface area contributed by atoms with Crippen molar-refractivity contribution in [1.29, 1.82) is 0 Å². The molecule has 0 amide bonds. The Morgan fingerprint density at radius 1 is 0.947 bits per heavy atom. The second-order valence-electron chi connectivity index (χ2n) is 4.37. The van der Waals surface area contributed by atoms with Crippen LogP contribution >= 0.6 is 0 Å². The Labute approximate surface area is 117 Å². The Kier molecular flexibility index (Phi) is 9.30. The van der Waals surface area contributed by atoms with Gasteiger partial charge in [0.05, 0.1) is 0 Å². The van der Waals surface area contributed by atoms with Crippen LogP contribution in [0.1, 0.15) is 51.9 Å². The van der Waals surface area contributed by atoms with Gasteiger partial charge in [0.1, 0.15) is 0 Å². The van der Waals surface area contributed by atoms with Crippen LogP contribution in [0.4, 0.5) is 22.0 Å². The molecular weight excluding hydrogens is 378 g/mol. The first-order chi connectivity index (χ1) is 8.69. The van der Waals surface area contributed by atoms with Gasteiger partial charge in [-0.25, -0.2) is 0 Å². The molecule has 19 heavy (non-hydrogen) atoms. The van der Waals surface area contributed by atoms with Crippen LogP contribution in [-0.4, -0.2) is 36.9 Å². The molecule has 0 saturated heterocycles. The second kappa shape index (κ2) is 9.20. The van der Waals surface area contributed by atoms with Crippen LogP contribution in [0, 0.1) is 0 Å². The minimum atomic E-state index is -4.73. The van der Waals surface area contributed by atoms with E-state index in [1.165, 1.54) is 0 Å². The number of alkyl halides is 5. The summed E-state index contributed by atoms with van der Waals surface area (Å²) in [4.78, 5) is 0. The number of rotatable bonds is 10. The predicted octanol–water partition coefficient (Wildman–Crippen LogP) is 4.41. The summed E-state index contributed by atoms with van der Waals surface area (Å²) >= 11 is -4.73. The van der Waals surface area contributed by atoms with Crippen LogP contribution < -0.4 is 0 Å². The summed E-state index contributed by atoms with van der Waals surface area (Å²) in [5.41, 5.74) is 0. The van der Waals surface area contributed by atoms with Crippen molar-refractivity contribution in [3.8, 4) is 0 Å². The summed E-state index contributed by atoms with van der Waals surface area (Å²) in [5.74, 6) is 0. The summed E-state index contributed by atoms with van der Waals surface area (Å²) in [6, 6.07) is 0. The molecule has 0 aromatic rings. The molecule has 114 valence electrons. The van der Waals surface area contributed by atoms with Gasteiger partial charge in [0.2, 0.25) is 0 Å². The molecule has 0 atom stereocenters. The molecule has 0 aliphatic rings. The molecule has 0 aliphatic heterocycles. The fourth-order valence-corrected chi connectivity index (χ4v) is 3.86. The van der Waals surface area contributed by atoms with E-state index in [1.807, 2.05) is 6.92 Å². The van der Waals surface area contributed by atoms with E-state index in [-0.39, 0.29) is 6.61 Å². The van der Waals surface area contributed by atoms with Crippen LogP contribution in [0.5, 0.6) is 0 Å². The Bertz CT molecular complexity index is 268. The molecule has 0 aromatic carbocycles. The number of hydrogen-bond acceptors (Lipinski definition) is 2. The summed E-state index contributed by atoms with van der Waals surface area (Å²) in [5, 5.41) is 0. The fraction of sp³-hybridized carbons (Fsp3) is 1.00. The summed E-state index contributed by atoms with van der Waals surface area (Å²) in [6.45, 7) is 1.98. The number of halogens is 5. The van der Waals surface area contributed by atoms with Crippen molar-refractivity contribution >= 4 is 20.2 Å². The fourth-order valence-electron chi connectivity index (χ4n) is 1.38. The third-order valence-corrected chi connectivity index (χ3v) is 6.25. The molecule has 0 rings (SSSR count). The first-order valence-corrected chi connectivity index (χ1v) is 10.1. The van der Waals surface area contributed by atoms with E-state index in [2.05, 4.69) is 3.07 Å². The monoisotopic (exact) mass is 398 g/mol. The molecule has 0 fully saturated rings. The molecule has 0 spiro atoms. The Morgan fingerprint density at radius 2 is 1.53 bits per heavy atom. The van der Waals surface area contributed by atoms with Gasteiger partial charge in [-0.2, -0.15) is 0 Å². The summed E-state index contributed by atoms with van der Waals surface area (Å²) < 4.78 is 73.7. The molecule has 0 N–H and O–H groups in total. The molecule has 0 aromatic heterocycles. The summed E-state index contributed by atoms with van der Waals surface area (Å²) in [6.07, 6.45) is -3.41. The Morgan fingerprint density at radius 3 is 2.05 bits per heavy atom. The van der Waals surface area contributed by atoms with Crippen molar-refractivity contribution in [2.75, 3.05) is 6.61 Å². The zero-order valence-electron chi connectivity index (χ0n) is 10.9. The SMILES string of the molecule is CCCCCCC[O][Sn](=[O])[C](F)(F)CCC(F)(F)F. The Balaban J connectivity index is 3.85. The van der Waals surface area contributed by atoms with Crippen molar-refractivity contribution in [2.45, 2.75) is 62.0 Å². The number of hydrogen-bond donors (Lipinski definition) is 0. The maximum absolute atomic E-state index is 13.1. The third kappa shape index (κ3) is 10.6. The molecule has 0 saturated carbocycles. The van der Waals surface area contributed by atoms with E-state index in [0.717, 1.165) is 25.7 Å². The van der Waals surface area contributed by atoms with Crippen LogP contribution in [-0.2, 0) is 6.15 Å². The van der Waals surface area contributed by atoms with Crippen molar-refractivity contribution in [3.05, 3.63) is 0 Å². The summed E-state index contributed by atoms with van der Waals surface area (Å²) in [7, 11) is 0. The van der Waals surface area contributed by atoms with Gasteiger partial charge in [0.25, 0.3) is 0 Å². The van der Waals surface area contributed by atoms with Crippen LogP contribution in [0.2, 0.25) is 0 Å². The molecular formula is C11H19F5O2Sn. The van der Waals surface area contributed by atoms with E-state index < -0.39 is 43.1 Å². The molecule has 0 bridgehead atoms. The van der Waals surface area contributed by atoms with Gasteiger partial charge in [-0.05, 0) is 0 Å². The van der Waals surface area contributed by atoms with E-state index >= 15 is 0 Å². The van der Waals surface area contributed by atoms with Crippen molar-refractivity contribution in [3.63, 3.8) is 0 Å². The predicted molar refractivity (Wildman–Crippen MR) is 61.4 cm³/mol. The van der Waals surface area contributed by atoms with Crippen LogP contribution in [0.3, 0.4) is 0 Å². The Hall–Kier alpha value is 0.209. The van der Waals surface area contributed by atoms with Gasteiger partial charge in [-0.15, -0.1) is 0 Å². The van der Waals surface area contributed by atoms with Crippen LogP contribution in [0.25, 0.3) is 0 Å². The average Bonchev–Trinajstić information content (AvgIpc) is 2.30. The van der Waals surface area contributed by atoms with Crippen molar-refractivity contribution < 1.29 is 28.1 Å². The van der Waals surface area contributed by atoms with Gasteiger partial charge in [-0.1, -0.05) is 0 Å². The van der Waals surface area contributed by atoms with E-state index in [1.54, 1.807) is 0 Å². The zero-order chi connectivity index (χ0) is 14.9. The first kappa shape index (κ1) is 19.2. The second-order valence-corrected chi connectivity index (χ2v) is 8.92. The van der Waals surface area contributed by atoms with Gasteiger partial charge in [0.15, 0.2) is 0 Å². The molecule has 0 unspecified atom stereocenters. The van der Waals surface area contributed by atoms with E-state index in [0.29, 0.717) is 6.42 Å². The standard InChI is InChI=1S/C7H15O.C4H4F5.O.Sn/c1-2-3-4-5-6-7-8;5-3(6)1-2-4(7,8)9;;/h2-7H2,1H3;1-2H2;;/q-1;;;+1. The molecule has 2 nitrogen and oxygen atoms in total. The van der Waals surface area contributed by atoms with Crippen molar-refractivity contribution in [1.82, 2.24) is 0 Å². The van der Waals surface area contributed by atoms with E-state index in [9.17, 15) is 25.0 Å². The topological polar surface area (TPSA) is 26.3 Å². The normalized spacial score (nSPS) is 12.7. The van der Waals surface area contributed by atoms with Crippen molar-refractivity contribution in [2.24, 2.45) is 0 Å².